The molecule has 0 radical (unpaired) electrons. The first-order valence-electron chi connectivity index (χ1n) is 6.66. The first-order chi connectivity index (χ1) is 7.77. The second-order valence-electron chi connectivity index (χ2n) is 3.71. The van der Waals surface area contributed by atoms with Gasteiger partial charge in [-0.25, -0.2) is 0 Å². The number of amides is 1. The minimum absolute atomic E-state index is 0.0824. The molecule has 0 heterocycles. The highest BCUT2D eigenvalue weighted by molar-refractivity contribution is 5.72. The lowest BCUT2D eigenvalue weighted by Crippen LogP contribution is -2.20. The molecular weight excluding hydrogens is 200 g/mol. The summed E-state index contributed by atoms with van der Waals surface area (Å²) in [5, 5.41) is 5.95. The van der Waals surface area contributed by atoms with Crippen molar-refractivity contribution in [3.8, 4) is 0 Å². The summed E-state index contributed by atoms with van der Waals surface area (Å²) in [6, 6.07) is 0. The lowest BCUT2D eigenvalue weighted by molar-refractivity contribution is -0.118. The molecule has 0 aromatic rings. The lowest BCUT2D eigenvalue weighted by atomic mass is 10.1. The van der Waals surface area contributed by atoms with Crippen LogP contribution in [0, 0.1) is 0 Å². The van der Waals surface area contributed by atoms with Gasteiger partial charge in [-0.15, -0.1) is 0 Å². The van der Waals surface area contributed by atoms with Crippen molar-refractivity contribution in [2.24, 2.45) is 0 Å². The van der Waals surface area contributed by atoms with E-state index in [0.717, 1.165) is 19.5 Å². The number of carbonyl (C=O) groups is 1. The Balaban J connectivity index is 0. The van der Waals surface area contributed by atoms with Crippen LogP contribution in [-0.2, 0) is 4.79 Å². The SMILES string of the molecule is CC.CNCCCCCCCCNC(C)=O. The molecule has 0 rings (SSSR count). The number of nitrogens with one attached hydrogen (secondary N) is 2. The van der Waals surface area contributed by atoms with Crippen LogP contribution < -0.4 is 10.6 Å². The molecule has 0 aromatic carbocycles. The van der Waals surface area contributed by atoms with Crippen molar-refractivity contribution in [1.29, 1.82) is 0 Å². The molecule has 2 N–H and O–H groups in total. The van der Waals surface area contributed by atoms with Crippen molar-refractivity contribution in [2.75, 3.05) is 20.1 Å². The largest absolute Gasteiger partial charge is 0.356 e. The smallest absolute Gasteiger partial charge is 0.216 e. The fourth-order valence-corrected chi connectivity index (χ4v) is 1.40. The van der Waals surface area contributed by atoms with Crippen LogP contribution in [0.2, 0.25) is 0 Å². The monoisotopic (exact) mass is 230 g/mol. The quantitative estimate of drug-likeness (QED) is 0.598. The number of rotatable bonds is 9. The molecule has 0 saturated carbocycles. The molecule has 0 spiro atoms. The Labute approximate surface area is 101 Å². The van der Waals surface area contributed by atoms with Gasteiger partial charge in [0.25, 0.3) is 0 Å². The predicted molar refractivity (Wildman–Crippen MR) is 71.7 cm³/mol. The second-order valence-corrected chi connectivity index (χ2v) is 3.71. The Morgan fingerprint density at radius 3 is 1.75 bits per heavy atom. The maximum atomic E-state index is 10.5. The summed E-state index contributed by atoms with van der Waals surface area (Å²) in [5.74, 6) is 0.0824. The summed E-state index contributed by atoms with van der Waals surface area (Å²) < 4.78 is 0. The van der Waals surface area contributed by atoms with Crippen LogP contribution in [0.1, 0.15) is 59.3 Å². The van der Waals surface area contributed by atoms with Gasteiger partial charge in [-0.2, -0.15) is 0 Å². The van der Waals surface area contributed by atoms with Gasteiger partial charge in [-0.3, -0.25) is 4.79 Å². The minimum Gasteiger partial charge on any atom is -0.356 e. The van der Waals surface area contributed by atoms with Crippen LogP contribution in [0.15, 0.2) is 0 Å². The van der Waals surface area contributed by atoms with Gasteiger partial charge in [0, 0.05) is 13.5 Å². The molecular formula is C13H30N2O. The van der Waals surface area contributed by atoms with Crippen molar-refractivity contribution >= 4 is 5.91 Å². The van der Waals surface area contributed by atoms with Gasteiger partial charge >= 0.3 is 0 Å². The molecule has 0 aliphatic heterocycles. The van der Waals surface area contributed by atoms with Crippen LogP contribution in [-0.4, -0.2) is 26.0 Å². The summed E-state index contributed by atoms with van der Waals surface area (Å²) in [5.41, 5.74) is 0. The van der Waals surface area contributed by atoms with Gasteiger partial charge in [0.15, 0.2) is 0 Å². The van der Waals surface area contributed by atoms with Gasteiger partial charge in [0.1, 0.15) is 0 Å². The van der Waals surface area contributed by atoms with Crippen LogP contribution >= 0.6 is 0 Å². The average molecular weight is 230 g/mol. The fraction of sp³-hybridized carbons (Fsp3) is 0.923. The average Bonchev–Trinajstić information content (AvgIpc) is 2.29. The molecule has 0 saturated heterocycles. The molecule has 3 nitrogen and oxygen atoms in total. The van der Waals surface area contributed by atoms with E-state index in [1.807, 2.05) is 20.9 Å². The summed E-state index contributed by atoms with van der Waals surface area (Å²) in [6.07, 6.45) is 7.57. The Morgan fingerprint density at radius 2 is 1.31 bits per heavy atom. The standard InChI is InChI=1S/C11H24N2O.C2H6/c1-11(14)13-10-8-6-4-3-5-7-9-12-2;1-2/h12H,3-10H2,1-2H3,(H,13,14);1-2H3. The zero-order valence-electron chi connectivity index (χ0n) is 11.6. The topological polar surface area (TPSA) is 41.1 Å². The normalized spacial score (nSPS) is 9.25. The van der Waals surface area contributed by atoms with Crippen molar-refractivity contribution in [3.05, 3.63) is 0 Å². The minimum atomic E-state index is 0.0824. The Hall–Kier alpha value is -0.570. The predicted octanol–water partition coefficient (Wildman–Crippen LogP) is 2.71. The Kier molecular flexibility index (Phi) is 18.8. The van der Waals surface area contributed by atoms with E-state index in [1.165, 1.54) is 32.1 Å². The summed E-state index contributed by atoms with van der Waals surface area (Å²) in [7, 11) is 1.99. The number of unbranched alkanes of at least 4 members (excludes halogenated alkanes) is 5. The van der Waals surface area contributed by atoms with Gasteiger partial charge in [0.2, 0.25) is 5.91 Å². The van der Waals surface area contributed by atoms with E-state index >= 15 is 0 Å². The number of hydrogen-bond donors (Lipinski definition) is 2. The second kappa shape index (κ2) is 16.8. The Bertz CT molecular complexity index is 138. The Morgan fingerprint density at radius 1 is 0.875 bits per heavy atom. The molecule has 1 amide bonds. The highest BCUT2D eigenvalue weighted by Gasteiger charge is 1.92. The van der Waals surface area contributed by atoms with E-state index in [4.69, 9.17) is 0 Å². The van der Waals surface area contributed by atoms with Crippen LogP contribution in [0.4, 0.5) is 0 Å². The lowest BCUT2D eigenvalue weighted by Gasteiger charge is -2.02. The number of hydrogen-bond acceptors (Lipinski definition) is 2. The van der Waals surface area contributed by atoms with Crippen molar-refractivity contribution in [2.45, 2.75) is 59.3 Å². The van der Waals surface area contributed by atoms with Crippen molar-refractivity contribution in [1.82, 2.24) is 10.6 Å². The molecule has 3 heteroatoms. The van der Waals surface area contributed by atoms with Crippen molar-refractivity contribution in [3.63, 3.8) is 0 Å². The third kappa shape index (κ3) is 19.1. The van der Waals surface area contributed by atoms with Crippen molar-refractivity contribution < 1.29 is 4.79 Å². The van der Waals surface area contributed by atoms with E-state index < -0.39 is 0 Å². The van der Waals surface area contributed by atoms with Gasteiger partial charge in [-0.1, -0.05) is 39.5 Å². The molecule has 0 aliphatic carbocycles. The maximum absolute atomic E-state index is 10.5. The third-order valence-corrected chi connectivity index (χ3v) is 2.23. The number of carbonyl (C=O) groups excluding carboxylic acids is 1. The molecule has 16 heavy (non-hydrogen) atoms. The van der Waals surface area contributed by atoms with E-state index in [0.29, 0.717) is 0 Å². The summed E-state index contributed by atoms with van der Waals surface area (Å²) in [4.78, 5) is 10.5. The first-order valence-corrected chi connectivity index (χ1v) is 6.66. The van der Waals surface area contributed by atoms with Gasteiger partial charge in [0.05, 0.1) is 0 Å². The first kappa shape index (κ1) is 17.8. The maximum Gasteiger partial charge on any atom is 0.216 e. The fourth-order valence-electron chi connectivity index (χ4n) is 1.40. The molecule has 0 atom stereocenters. The molecule has 0 aliphatic rings. The van der Waals surface area contributed by atoms with Crippen LogP contribution in [0.25, 0.3) is 0 Å². The van der Waals surface area contributed by atoms with Crippen LogP contribution in [0.3, 0.4) is 0 Å². The molecule has 0 fully saturated rings. The summed E-state index contributed by atoms with van der Waals surface area (Å²) in [6.45, 7) is 7.54. The summed E-state index contributed by atoms with van der Waals surface area (Å²) >= 11 is 0. The highest BCUT2D eigenvalue weighted by Crippen LogP contribution is 2.04. The van der Waals surface area contributed by atoms with Crippen LogP contribution in [0.5, 0.6) is 0 Å². The van der Waals surface area contributed by atoms with E-state index in [-0.39, 0.29) is 5.91 Å². The molecule has 0 unspecified atom stereocenters. The van der Waals surface area contributed by atoms with Gasteiger partial charge < -0.3 is 10.6 Å². The van der Waals surface area contributed by atoms with E-state index in [1.54, 1.807) is 6.92 Å². The third-order valence-electron chi connectivity index (χ3n) is 2.23. The zero-order valence-corrected chi connectivity index (χ0v) is 11.6. The molecule has 0 aromatic heterocycles. The highest BCUT2D eigenvalue weighted by atomic mass is 16.1. The zero-order chi connectivity index (χ0) is 12.6. The molecule has 98 valence electrons. The van der Waals surface area contributed by atoms with E-state index in [9.17, 15) is 4.79 Å². The van der Waals surface area contributed by atoms with Gasteiger partial charge in [-0.05, 0) is 26.4 Å². The van der Waals surface area contributed by atoms with E-state index in [2.05, 4.69) is 10.6 Å². The molecule has 0 bridgehead atoms.